The molecule has 2 heterocycles. The van der Waals surface area contributed by atoms with Gasteiger partial charge >= 0.3 is 0 Å². The van der Waals surface area contributed by atoms with E-state index in [0.717, 1.165) is 18.2 Å². The van der Waals surface area contributed by atoms with E-state index in [1.54, 1.807) is 0 Å². The second-order valence-corrected chi connectivity index (χ2v) is 5.43. The first-order valence-corrected chi connectivity index (χ1v) is 6.51. The van der Waals surface area contributed by atoms with Gasteiger partial charge in [0, 0.05) is 20.1 Å². The molecule has 0 bridgehead atoms. The van der Waals surface area contributed by atoms with Crippen LogP contribution in [0.15, 0.2) is 4.52 Å². The highest BCUT2D eigenvalue weighted by Crippen LogP contribution is 2.38. The van der Waals surface area contributed by atoms with Crippen LogP contribution in [0, 0.1) is 5.92 Å². The van der Waals surface area contributed by atoms with Crippen molar-refractivity contribution in [2.24, 2.45) is 5.92 Å². The third-order valence-corrected chi connectivity index (χ3v) is 3.99. The van der Waals surface area contributed by atoms with Crippen LogP contribution in [0.1, 0.15) is 44.0 Å². The molecule has 2 fully saturated rings. The lowest BCUT2D eigenvalue weighted by molar-refractivity contribution is 0.324. The zero-order valence-electron chi connectivity index (χ0n) is 10.5. The lowest BCUT2D eigenvalue weighted by Crippen LogP contribution is -2.30. The minimum Gasteiger partial charge on any atom is -0.344 e. The summed E-state index contributed by atoms with van der Waals surface area (Å²) < 4.78 is 5.35. The lowest BCUT2D eigenvalue weighted by Gasteiger charge is -2.24. The topological polar surface area (TPSA) is 54.2 Å². The summed E-state index contributed by atoms with van der Waals surface area (Å²) >= 11 is 0. The maximum atomic E-state index is 5.35. The molecule has 2 aliphatic rings. The van der Waals surface area contributed by atoms with E-state index in [9.17, 15) is 0 Å². The number of nitrogens with one attached hydrogen (secondary N) is 1. The third-order valence-electron chi connectivity index (χ3n) is 3.99. The molecule has 5 nitrogen and oxygen atoms in total. The lowest BCUT2D eigenvalue weighted by atomic mass is 9.85. The molecule has 1 aliphatic carbocycles. The Morgan fingerprint density at radius 1 is 1.29 bits per heavy atom. The van der Waals surface area contributed by atoms with E-state index in [0.29, 0.717) is 12.0 Å². The van der Waals surface area contributed by atoms with Gasteiger partial charge in [-0.2, -0.15) is 4.98 Å². The SMILES string of the molecule is CN(C)c1noc(C2CC3CCCCC3N2)n1. The van der Waals surface area contributed by atoms with Gasteiger partial charge in [0.15, 0.2) is 0 Å². The summed E-state index contributed by atoms with van der Waals surface area (Å²) in [5.74, 6) is 2.23. The predicted molar refractivity (Wildman–Crippen MR) is 64.9 cm³/mol. The smallest absolute Gasteiger partial charge is 0.265 e. The maximum Gasteiger partial charge on any atom is 0.265 e. The molecule has 3 rings (SSSR count). The summed E-state index contributed by atoms with van der Waals surface area (Å²) in [7, 11) is 3.85. The highest BCUT2D eigenvalue weighted by molar-refractivity contribution is 5.24. The van der Waals surface area contributed by atoms with Crippen LogP contribution < -0.4 is 10.2 Å². The van der Waals surface area contributed by atoms with E-state index in [-0.39, 0.29) is 6.04 Å². The van der Waals surface area contributed by atoms with E-state index in [2.05, 4.69) is 15.5 Å². The number of anilines is 1. The average molecular weight is 236 g/mol. The Labute approximate surface area is 102 Å². The minimum atomic E-state index is 0.268. The third kappa shape index (κ3) is 2.04. The number of hydrogen-bond acceptors (Lipinski definition) is 5. The molecular weight excluding hydrogens is 216 g/mol. The largest absolute Gasteiger partial charge is 0.344 e. The van der Waals surface area contributed by atoms with Crippen LogP contribution in [-0.4, -0.2) is 30.3 Å². The van der Waals surface area contributed by atoms with Gasteiger partial charge in [0.05, 0.1) is 6.04 Å². The number of aromatic nitrogens is 2. The standard InChI is InChI=1S/C12H20N4O/c1-16(2)12-14-11(17-15-12)10-7-8-5-3-4-6-9(8)13-10/h8-10,13H,3-7H2,1-2H3. The van der Waals surface area contributed by atoms with Crippen molar-refractivity contribution < 1.29 is 4.52 Å². The molecule has 5 heteroatoms. The van der Waals surface area contributed by atoms with Crippen molar-refractivity contribution in [3.05, 3.63) is 5.89 Å². The van der Waals surface area contributed by atoms with Crippen LogP contribution in [0.3, 0.4) is 0 Å². The maximum absolute atomic E-state index is 5.35. The Bertz CT molecular complexity index is 376. The van der Waals surface area contributed by atoms with Gasteiger partial charge < -0.3 is 14.7 Å². The van der Waals surface area contributed by atoms with Crippen molar-refractivity contribution in [1.82, 2.24) is 15.5 Å². The van der Waals surface area contributed by atoms with Gasteiger partial charge in [-0.15, -0.1) is 0 Å². The molecule has 1 N–H and O–H groups in total. The molecular formula is C12H20N4O. The van der Waals surface area contributed by atoms with E-state index in [4.69, 9.17) is 4.52 Å². The summed E-state index contributed by atoms with van der Waals surface area (Å²) in [6.45, 7) is 0. The zero-order chi connectivity index (χ0) is 11.8. The Kier molecular flexibility index (Phi) is 2.78. The fourth-order valence-electron chi connectivity index (χ4n) is 3.06. The molecule has 0 spiro atoms. The first-order valence-electron chi connectivity index (χ1n) is 6.51. The number of hydrogen-bond donors (Lipinski definition) is 1. The van der Waals surface area contributed by atoms with Crippen molar-refractivity contribution >= 4 is 5.95 Å². The van der Waals surface area contributed by atoms with E-state index >= 15 is 0 Å². The Morgan fingerprint density at radius 2 is 2.12 bits per heavy atom. The van der Waals surface area contributed by atoms with Crippen LogP contribution in [0.4, 0.5) is 5.95 Å². The molecule has 3 atom stereocenters. The van der Waals surface area contributed by atoms with Gasteiger partial charge in [0.25, 0.3) is 5.95 Å². The molecule has 1 aromatic heterocycles. The molecule has 94 valence electrons. The van der Waals surface area contributed by atoms with Crippen molar-refractivity contribution in [2.75, 3.05) is 19.0 Å². The van der Waals surface area contributed by atoms with Crippen molar-refractivity contribution in [3.63, 3.8) is 0 Å². The molecule has 0 radical (unpaired) electrons. The molecule has 17 heavy (non-hydrogen) atoms. The first-order chi connectivity index (χ1) is 8.24. The van der Waals surface area contributed by atoms with Crippen LogP contribution in [0.5, 0.6) is 0 Å². The number of fused-ring (bicyclic) bond motifs is 1. The Hall–Kier alpha value is -1.10. The van der Waals surface area contributed by atoms with Gasteiger partial charge in [-0.05, 0) is 30.3 Å². The highest BCUT2D eigenvalue weighted by atomic mass is 16.5. The minimum absolute atomic E-state index is 0.268. The van der Waals surface area contributed by atoms with Crippen molar-refractivity contribution in [1.29, 1.82) is 0 Å². The quantitative estimate of drug-likeness (QED) is 0.847. The molecule has 3 unspecified atom stereocenters. The Balaban J connectivity index is 1.72. The summed E-state index contributed by atoms with van der Waals surface area (Å²) in [5, 5.41) is 7.62. The second-order valence-electron chi connectivity index (χ2n) is 5.43. The van der Waals surface area contributed by atoms with Crippen LogP contribution in [0.25, 0.3) is 0 Å². The average Bonchev–Trinajstić information content (AvgIpc) is 2.95. The monoisotopic (exact) mass is 236 g/mol. The van der Waals surface area contributed by atoms with Gasteiger partial charge in [-0.3, -0.25) is 0 Å². The summed E-state index contributed by atoms with van der Waals surface area (Å²) in [6, 6.07) is 0.938. The van der Waals surface area contributed by atoms with Gasteiger partial charge in [0.1, 0.15) is 0 Å². The Morgan fingerprint density at radius 3 is 2.82 bits per heavy atom. The van der Waals surface area contributed by atoms with Gasteiger partial charge in [-0.1, -0.05) is 12.8 Å². The number of rotatable bonds is 2. The van der Waals surface area contributed by atoms with E-state index in [1.807, 2.05) is 19.0 Å². The first kappa shape index (κ1) is 11.0. The predicted octanol–water partition coefficient (Wildman–Crippen LogP) is 1.73. The van der Waals surface area contributed by atoms with Crippen molar-refractivity contribution in [3.8, 4) is 0 Å². The van der Waals surface area contributed by atoms with E-state index < -0.39 is 0 Å². The summed E-state index contributed by atoms with van der Waals surface area (Å²) in [5.41, 5.74) is 0. The molecule has 0 aromatic carbocycles. The second kappa shape index (κ2) is 4.29. The summed E-state index contributed by atoms with van der Waals surface area (Å²) in [4.78, 5) is 6.31. The van der Waals surface area contributed by atoms with Gasteiger partial charge in [0.2, 0.25) is 5.89 Å². The van der Waals surface area contributed by atoms with Gasteiger partial charge in [-0.25, -0.2) is 0 Å². The summed E-state index contributed by atoms with van der Waals surface area (Å²) in [6.07, 6.45) is 6.54. The highest BCUT2D eigenvalue weighted by Gasteiger charge is 2.38. The molecule has 1 aliphatic heterocycles. The van der Waals surface area contributed by atoms with E-state index in [1.165, 1.54) is 25.7 Å². The fourth-order valence-corrected chi connectivity index (χ4v) is 3.06. The zero-order valence-corrected chi connectivity index (χ0v) is 10.5. The molecule has 1 aromatic rings. The molecule has 0 amide bonds. The molecule has 1 saturated heterocycles. The fraction of sp³-hybridized carbons (Fsp3) is 0.833. The van der Waals surface area contributed by atoms with Crippen LogP contribution in [0.2, 0.25) is 0 Å². The van der Waals surface area contributed by atoms with Crippen LogP contribution >= 0.6 is 0 Å². The molecule has 1 saturated carbocycles. The number of nitrogens with zero attached hydrogens (tertiary/aromatic N) is 3. The normalized spacial score (nSPS) is 32.5. The van der Waals surface area contributed by atoms with Crippen LogP contribution in [-0.2, 0) is 0 Å². The van der Waals surface area contributed by atoms with Crippen molar-refractivity contribution in [2.45, 2.75) is 44.2 Å².